The first-order valence-electron chi connectivity index (χ1n) is 9.05. The number of carbonyl (C=O) groups excluding carboxylic acids is 1. The van der Waals surface area contributed by atoms with Crippen LogP contribution in [0, 0.1) is 0 Å². The first-order chi connectivity index (χ1) is 12.7. The van der Waals surface area contributed by atoms with E-state index in [1.807, 2.05) is 69.3 Å². The summed E-state index contributed by atoms with van der Waals surface area (Å²) in [5.74, 6) is 1.95. The van der Waals surface area contributed by atoms with Crippen molar-refractivity contribution in [1.82, 2.24) is 5.32 Å². The van der Waals surface area contributed by atoms with E-state index in [2.05, 4.69) is 5.32 Å². The second-order valence-corrected chi connectivity index (χ2v) is 5.69. The van der Waals surface area contributed by atoms with Crippen molar-refractivity contribution in [3.63, 3.8) is 0 Å². The van der Waals surface area contributed by atoms with E-state index in [0.717, 1.165) is 5.56 Å². The number of hydrogen-bond donors (Lipinski definition) is 1. The maximum absolute atomic E-state index is 12.4. The molecule has 1 N–H and O–H groups in total. The number of amides is 1. The summed E-state index contributed by atoms with van der Waals surface area (Å²) >= 11 is 0. The highest BCUT2D eigenvalue weighted by Crippen LogP contribution is 2.28. The molecule has 2 rings (SSSR count). The van der Waals surface area contributed by atoms with E-state index < -0.39 is 6.10 Å². The first-order valence-corrected chi connectivity index (χ1v) is 9.05. The van der Waals surface area contributed by atoms with Gasteiger partial charge in [-0.3, -0.25) is 4.79 Å². The molecular weight excluding hydrogens is 330 g/mol. The third kappa shape index (κ3) is 5.69. The van der Waals surface area contributed by atoms with Crippen LogP contribution in [-0.2, 0) is 11.3 Å². The van der Waals surface area contributed by atoms with Gasteiger partial charge in [-0.2, -0.15) is 0 Å². The van der Waals surface area contributed by atoms with Crippen LogP contribution in [0.3, 0.4) is 0 Å². The zero-order valence-corrected chi connectivity index (χ0v) is 15.7. The van der Waals surface area contributed by atoms with Crippen molar-refractivity contribution in [3.05, 3.63) is 54.1 Å². The molecule has 0 aromatic heterocycles. The number of hydrogen-bond acceptors (Lipinski definition) is 4. The Hall–Kier alpha value is -2.69. The first kappa shape index (κ1) is 19.6. The van der Waals surface area contributed by atoms with Crippen molar-refractivity contribution in [2.75, 3.05) is 13.2 Å². The van der Waals surface area contributed by atoms with Gasteiger partial charge in [0.05, 0.1) is 13.2 Å². The zero-order valence-electron chi connectivity index (χ0n) is 15.7. The molecule has 0 saturated carbocycles. The molecule has 1 atom stereocenters. The van der Waals surface area contributed by atoms with Gasteiger partial charge in [-0.05, 0) is 50.1 Å². The lowest BCUT2D eigenvalue weighted by atomic mass is 10.2. The maximum Gasteiger partial charge on any atom is 0.261 e. The molecule has 0 radical (unpaired) electrons. The number of benzene rings is 2. The third-order valence-corrected chi connectivity index (χ3v) is 3.76. The van der Waals surface area contributed by atoms with E-state index in [0.29, 0.717) is 43.4 Å². The lowest BCUT2D eigenvalue weighted by molar-refractivity contribution is -0.128. The van der Waals surface area contributed by atoms with Gasteiger partial charge in [-0.15, -0.1) is 0 Å². The lowest BCUT2D eigenvalue weighted by Gasteiger charge is -2.18. The van der Waals surface area contributed by atoms with Crippen molar-refractivity contribution in [2.45, 2.75) is 39.8 Å². The van der Waals surface area contributed by atoms with Gasteiger partial charge in [-0.25, -0.2) is 0 Å². The van der Waals surface area contributed by atoms with Crippen LogP contribution in [0.2, 0.25) is 0 Å². The number of rotatable bonds is 10. The van der Waals surface area contributed by atoms with E-state index in [1.54, 1.807) is 0 Å². The molecule has 2 aromatic rings. The molecule has 0 aliphatic rings. The largest absolute Gasteiger partial charge is 0.490 e. The Morgan fingerprint density at radius 2 is 1.65 bits per heavy atom. The predicted octanol–water partition coefficient (Wildman–Crippen LogP) is 3.96. The quantitative estimate of drug-likeness (QED) is 0.699. The number of carbonyl (C=O) groups is 1. The molecule has 0 bridgehead atoms. The van der Waals surface area contributed by atoms with E-state index in [1.165, 1.54) is 0 Å². The Balaban J connectivity index is 1.97. The molecule has 1 amide bonds. The fourth-order valence-electron chi connectivity index (χ4n) is 2.49. The molecule has 0 aliphatic carbocycles. The van der Waals surface area contributed by atoms with Gasteiger partial charge in [0.1, 0.15) is 5.75 Å². The van der Waals surface area contributed by atoms with Crippen molar-refractivity contribution in [1.29, 1.82) is 0 Å². The molecule has 5 nitrogen and oxygen atoms in total. The second-order valence-electron chi connectivity index (χ2n) is 5.69. The Labute approximate surface area is 155 Å². The number of ether oxygens (including phenoxy) is 3. The highest BCUT2D eigenvalue weighted by Gasteiger charge is 2.18. The molecule has 2 aromatic carbocycles. The minimum absolute atomic E-state index is 0.136. The van der Waals surface area contributed by atoms with Crippen molar-refractivity contribution in [3.8, 4) is 17.2 Å². The van der Waals surface area contributed by atoms with Gasteiger partial charge >= 0.3 is 0 Å². The fraction of sp³-hybridized carbons (Fsp3) is 0.381. The summed E-state index contributed by atoms with van der Waals surface area (Å²) in [4.78, 5) is 12.4. The Kier molecular flexibility index (Phi) is 7.80. The Morgan fingerprint density at radius 3 is 2.31 bits per heavy atom. The van der Waals surface area contributed by atoms with Gasteiger partial charge in [-0.1, -0.05) is 31.2 Å². The Morgan fingerprint density at radius 1 is 0.962 bits per heavy atom. The molecule has 0 aliphatic heterocycles. The van der Waals surface area contributed by atoms with E-state index in [-0.39, 0.29) is 5.91 Å². The SMILES string of the molecule is CCOc1ccc(CNC(=O)[C@@H](CC)Oc2ccccc2)cc1OCC. The van der Waals surface area contributed by atoms with Gasteiger partial charge in [0.25, 0.3) is 5.91 Å². The van der Waals surface area contributed by atoms with Crippen molar-refractivity contribution in [2.24, 2.45) is 0 Å². The predicted molar refractivity (Wildman–Crippen MR) is 102 cm³/mol. The monoisotopic (exact) mass is 357 g/mol. The van der Waals surface area contributed by atoms with Gasteiger partial charge in [0.2, 0.25) is 0 Å². The van der Waals surface area contributed by atoms with Crippen LogP contribution in [0.4, 0.5) is 0 Å². The van der Waals surface area contributed by atoms with Crippen LogP contribution < -0.4 is 19.5 Å². The van der Waals surface area contributed by atoms with Crippen LogP contribution in [0.15, 0.2) is 48.5 Å². The summed E-state index contributed by atoms with van der Waals surface area (Å²) in [6.45, 7) is 7.32. The van der Waals surface area contributed by atoms with Crippen molar-refractivity contribution >= 4 is 5.91 Å². The minimum atomic E-state index is -0.522. The van der Waals surface area contributed by atoms with E-state index >= 15 is 0 Å². The number of para-hydroxylation sites is 1. The zero-order chi connectivity index (χ0) is 18.8. The van der Waals surface area contributed by atoms with E-state index in [9.17, 15) is 4.79 Å². The van der Waals surface area contributed by atoms with Crippen LogP contribution in [0.25, 0.3) is 0 Å². The smallest absolute Gasteiger partial charge is 0.261 e. The van der Waals surface area contributed by atoms with Gasteiger partial charge < -0.3 is 19.5 Å². The van der Waals surface area contributed by atoms with Crippen LogP contribution in [0.1, 0.15) is 32.8 Å². The normalized spacial score (nSPS) is 11.5. The summed E-state index contributed by atoms with van der Waals surface area (Å²) in [5, 5.41) is 2.93. The summed E-state index contributed by atoms with van der Waals surface area (Å²) in [6, 6.07) is 15.1. The topological polar surface area (TPSA) is 56.8 Å². The molecule has 0 saturated heterocycles. The molecule has 0 spiro atoms. The van der Waals surface area contributed by atoms with Gasteiger partial charge in [0.15, 0.2) is 17.6 Å². The molecule has 0 heterocycles. The summed E-state index contributed by atoms with van der Waals surface area (Å²) < 4.78 is 17.0. The molecule has 5 heteroatoms. The molecule has 0 unspecified atom stereocenters. The highest BCUT2D eigenvalue weighted by molar-refractivity contribution is 5.81. The average molecular weight is 357 g/mol. The Bertz CT molecular complexity index is 688. The summed E-state index contributed by atoms with van der Waals surface area (Å²) in [7, 11) is 0. The number of nitrogens with one attached hydrogen (secondary N) is 1. The molecular formula is C21H27NO4. The van der Waals surface area contributed by atoms with Crippen molar-refractivity contribution < 1.29 is 19.0 Å². The lowest BCUT2D eigenvalue weighted by Crippen LogP contribution is -2.37. The molecule has 0 fully saturated rings. The summed E-state index contributed by atoms with van der Waals surface area (Å²) in [6.07, 6.45) is 0.0697. The third-order valence-electron chi connectivity index (χ3n) is 3.76. The standard InChI is InChI=1S/C21H27NO4/c1-4-18(26-17-10-8-7-9-11-17)21(23)22-15-16-12-13-19(24-5-2)20(14-16)25-6-3/h7-14,18H,4-6,15H2,1-3H3,(H,22,23)/t18-/m1/s1. The second kappa shape index (κ2) is 10.3. The maximum atomic E-state index is 12.4. The van der Waals surface area contributed by atoms with Gasteiger partial charge in [0, 0.05) is 6.54 Å². The minimum Gasteiger partial charge on any atom is -0.490 e. The van der Waals surface area contributed by atoms with Crippen LogP contribution in [-0.4, -0.2) is 25.2 Å². The summed E-state index contributed by atoms with van der Waals surface area (Å²) in [5.41, 5.74) is 0.944. The van der Waals surface area contributed by atoms with E-state index in [4.69, 9.17) is 14.2 Å². The molecule has 140 valence electrons. The van der Waals surface area contributed by atoms with Crippen LogP contribution in [0.5, 0.6) is 17.2 Å². The fourth-order valence-corrected chi connectivity index (χ4v) is 2.49. The average Bonchev–Trinajstić information content (AvgIpc) is 2.67. The van der Waals surface area contributed by atoms with Crippen LogP contribution >= 0.6 is 0 Å². The highest BCUT2D eigenvalue weighted by atomic mass is 16.5. The molecule has 26 heavy (non-hydrogen) atoms.